The van der Waals surface area contributed by atoms with Gasteiger partial charge in [-0.3, -0.25) is 4.79 Å². The second-order valence-corrected chi connectivity index (χ2v) is 6.14. The molecule has 1 heterocycles. The molecule has 0 aliphatic carbocycles. The average Bonchev–Trinajstić information content (AvgIpc) is 2.69. The zero-order valence-corrected chi connectivity index (χ0v) is 12.5. The summed E-state index contributed by atoms with van der Waals surface area (Å²) < 4.78 is 0.924. The van der Waals surface area contributed by atoms with E-state index in [-0.39, 0.29) is 5.78 Å². The molecule has 1 aromatic heterocycles. The highest BCUT2D eigenvalue weighted by Gasteiger charge is 2.11. The van der Waals surface area contributed by atoms with E-state index in [1.807, 2.05) is 11.4 Å². The van der Waals surface area contributed by atoms with E-state index in [1.165, 1.54) is 11.3 Å². The molecule has 1 nitrogen and oxygen atoms in total. The van der Waals surface area contributed by atoms with Crippen molar-refractivity contribution in [2.45, 2.75) is 6.42 Å². The van der Waals surface area contributed by atoms with Crippen LogP contribution in [0.5, 0.6) is 0 Å². The Morgan fingerprint density at radius 3 is 2.65 bits per heavy atom. The Morgan fingerprint density at radius 2 is 2.06 bits per heavy atom. The molecule has 0 aliphatic heterocycles. The monoisotopic (exact) mass is 348 g/mol. The number of halogens is 3. The fraction of sp³-hybridized carbons (Fsp3) is 0.0833. The second kappa shape index (κ2) is 5.53. The molecule has 0 fully saturated rings. The molecule has 0 spiro atoms. The van der Waals surface area contributed by atoms with Crippen molar-refractivity contribution in [3.8, 4) is 0 Å². The van der Waals surface area contributed by atoms with Crippen molar-refractivity contribution < 1.29 is 4.79 Å². The number of benzene rings is 1. The van der Waals surface area contributed by atoms with Crippen LogP contribution in [0.25, 0.3) is 0 Å². The van der Waals surface area contributed by atoms with Crippen molar-refractivity contribution in [2.24, 2.45) is 0 Å². The smallest absolute Gasteiger partial charge is 0.177 e. The highest BCUT2D eigenvalue weighted by atomic mass is 79.9. The van der Waals surface area contributed by atoms with E-state index in [1.54, 1.807) is 18.2 Å². The van der Waals surface area contributed by atoms with E-state index in [4.69, 9.17) is 23.2 Å². The summed E-state index contributed by atoms with van der Waals surface area (Å²) in [5.41, 5.74) is 0.797. The summed E-state index contributed by atoms with van der Waals surface area (Å²) in [7, 11) is 0. The maximum atomic E-state index is 12.0. The summed E-state index contributed by atoms with van der Waals surface area (Å²) in [4.78, 5) is 12.7. The summed E-state index contributed by atoms with van der Waals surface area (Å²) in [6.45, 7) is 0. The van der Waals surface area contributed by atoms with Gasteiger partial charge in [0.25, 0.3) is 0 Å². The third-order valence-corrected chi connectivity index (χ3v) is 4.53. The average molecular weight is 350 g/mol. The number of carbonyl (C=O) groups excluding carboxylic acids is 1. The van der Waals surface area contributed by atoms with Gasteiger partial charge in [-0.15, -0.1) is 11.3 Å². The van der Waals surface area contributed by atoms with Gasteiger partial charge in [-0.05, 0) is 39.7 Å². The molecule has 17 heavy (non-hydrogen) atoms. The van der Waals surface area contributed by atoms with Crippen molar-refractivity contribution >= 4 is 56.3 Å². The molecular formula is C12H7BrCl2OS. The third kappa shape index (κ3) is 3.32. The minimum Gasteiger partial charge on any atom is -0.293 e. The van der Waals surface area contributed by atoms with Gasteiger partial charge in [-0.25, -0.2) is 0 Å². The highest BCUT2D eigenvalue weighted by molar-refractivity contribution is 9.10. The highest BCUT2D eigenvalue weighted by Crippen LogP contribution is 2.25. The molecule has 88 valence electrons. The van der Waals surface area contributed by atoms with Gasteiger partial charge in [0.1, 0.15) is 0 Å². The number of ketones is 1. The zero-order valence-electron chi connectivity index (χ0n) is 8.54. The summed E-state index contributed by atoms with van der Waals surface area (Å²) in [5.74, 6) is 0.0601. The Kier molecular flexibility index (Phi) is 4.26. The van der Waals surface area contributed by atoms with Gasteiger partial charge in [0.15, 0.2) is 5.78 Å². The first-order chi connectivity index (χ1) is 8.06. The van der Waals surface area contributed by atoms with Crippen LogP contribution in [-0.4, -0.2) is 5.78 Å². The van der Waals surface area contributed by atoms with Gasteiger partial charge in [-0.1, -0.05) is 29.3 Å². The molecule has 1 aromatic carbocycles. The van der Waals surface area contributed by atoms with E-state index in [0.717, 1.165) is 14.9 Å². The third-order valence-electron chi connectivity index (χ3n) is 2.21. The van der Waals surface area contributed by atoms with Crippen LogP contribution in [0, 0.1) is 0 Å². The summed E-state index contributed by atoms with van der Waals surface area (Å²) in [5, 5.41) is 2.99. The molecule has 0 radical (unpaired) electrons. The Labute approximate surface area is 121 Å². The van der Waals surface area contributed by atoms with Crippen LogP contribution in [0.4, 0.5) is 0 Å². The van der Waals surface area contributed by atoms with Crippen molar-refractivity contribution in [1.82, 2.24) is 0 Å². The number of thiophene rings is 1. The first-order valence-electron chi connectivity index (χ1n) is 4.77. The topological polar surface area (TPSA) is 17.1 Å². The Morgan fingerprint density at radius 1 is 1.29 bits per heavy atom. The van der Waals surface area contributed by atoms with Crippen molar-refractivity contribution in [1.29, 1.82) is 0 Å². The summed E-state index contributed by atoms with van der Waals surface area (Å²) >= 11 is 16.6. The molecular weight excluding hydrogens is 343 g/mol. The number of rotatable bonds is 3. The Hall–Kier alpha value is -0.350. The van der Waals surface area contributed by atoms with E-state index < -0.39 is 0 Å². The first kappa shape index (κ1) is 13.1. The van der Waals surface area contributed by atoms with E-state index in [0.29, 0.717) is 16.5 Å². The quantitative estimate of drug-likeness (QED) is 0.692. The summed E-state index contributed by atoms with van der Waals surface area (Å²) in [6, 6.07) is 6.98. The van der Waals surface area contributed by atoms with Gasteiger partial charge in [0, 0.05) is 26.3 Å². The van der Waals surface area contributed by atoms with Crippen LogP contribution in [0.2, 0.25) is 10.0 Å². The van der Waals surface area contributed by atoms with Crippen molar-refractivity contribution in [3.05, 3.63) is 54.6 Å². The maximum Gasteiger partial charge on any atom is 0.177 e. The van der Waals surface area contributed by atoms with Crippen LogP contribution in [0.3, 0.4) is 0 Å². The van der Waals surface area contributed by atoms with Gasteiger partial charge >= 0.3 is 0 Å². The Balaban J connectivity index is 2.18. The van der Waals surface area contributed by atoms with E-state index >= 15 is 0 Å². The minimum absolute atomic E-state index is 0.0601. The predicted octanol–water partition coefficient (Wildman–Crippen LogP) is 5.24. The number of Topliss-reactive ketones (excluding diaryl/α,β-unsaturated/α-hetero) is 1. The molecule has 0 bridgehead atoms. The lowest BCUT2D eigenvalue weighted by atomic mass is 10.1. The molecule has 0 amide bonds. The molecule has 5 heteroatoms. The molecule has 0 saturated carbocycles. The fourth-order valence-electron chi connectivity index (χ4n) is 1.38. The molecule has 0 N–H and O–H groups in total. The second-order valence-electron chi connectivity index (χ2n) is 3.46. The van der Waals surface area contributed by atoms with E-state index in [2.05, 4.69) is 15.9 Å². The van der Waals surface area contributed by atoms with Crippen LogP contribution >= 0.6 is 50.5 Å². The van der Waals surface area contributed by atoms with Crippen LogP contribution in [0.15, 0.2) is 34.1 Å². The van der Waals surface area contributed by atoms with Crippen LogP contribution in [0.1, 0.15) is 15.2 Å². The lowest BCUT2D eigenvalue weighted by molar-refractivity contribution is 0.0997. The van der Waals surface area contributed by atoms with Gasteiger partial charge in [-0.2, -0.15) is 0 Å². The lowest BCUT2D eigenvalue weighted by Crippen LogP contribution is -2.01. The maximum absolute atomic E-state index is 12.0. The molecule has 2 rings (SSSR count). The fourth-order valence-corrected chi connectivity index (χ4v) is 3.23. The zero-order chi connectivity index (χ0) is 12.4. The number of hydrogen-bond acceptors (Lipinski definition) is 2. The van der Waals surface area contributed by atoms with Gasteiger partial charge < -0.3 is 0 Å². The van der Waals surface area contributed by atoms with Crippen molar-refractivity contribution in [2.75, 3.05) is 0 Å². The minimum atomic E-state index is 0.0601. The molecule has 0 unspecified atom stereocenters. The molecule has 0 atom stereocenters. The number of hydrogen-bond donors (Lipinski definition) is 0. The SMILES string of the molecule is O=C(Cc1ccc(Cl)cc1Cl)c1cc(Br)cs1. The molecule has 0 saturated heterocycles. The van der Waals surface area contributed by atoms with Gasteiger partial charge in [0.2, 0.25) is 0 Å². The van der Waals surface area contributed by atoms with Gasteiger partial charge in [0.05, 0.1) is 4.88 Å². The molecule has 2 aromatic rings. The number of carbonyl (C=O) groups is 1. The standard InChI is InChI=1S/C12H7BrCl2OS/c13-8-4-12(17-6-8)11(16)3-7-1-2-9(14)5-10(7)15/h1-2,4-6H,3H2. The normalized spacial score (nSPS) is 10.5. The van der Waals surface area contributed by atoms with Crippen LogP contribution in [-0.2, 0) is 6.42 Å². The van der Waals surface area contributed by atoms with Crippen molar-refractivity contribution in [3.63, 3.8) is 0 Å². The molecule has 0 aliphatic rings. The Bertz CT molecular complexity index is 565. The lowest BCUT2D eigenvalue weighted by Gasteiger charge is -2.02. The first-order valence-corrected chi connectivity index (χ1v) is 7.20. The predicted molar refractivity (Wildman–Crippen MR) is 76.5 cm³/mol. The largest absolute Gasteiger partial charge is 0.293 e. The van der Waals surface area contributed by atoms with Crippen LogP contribution < -0.4 is 0 Å². The summed E-state index contributed by atoms with van der Waals surface area (Å²) in [6.07, 6.45) is 0.295. The van der Waals surface area contributed by atoms with E-state index in [9.17, 15) is 4.79 Å².